The van der Waals surface area contributed by atoms with Crippen molar-refractivity contribution in [2.45, 2.75) is 57.5 Å². The lowest BCUT2D eigenvalue weighted by atomic mass is 9.80. The Kier molecular flexibility index (Phi) is 5.77. The highest BCUT2D eigenvalue weighted by molar-refractivity contribution is 5.96. The standard InChI is InChI=1S/C22H30N2O3/c25-21(23-15-19-7-4-14-27-19)17-9-11-18(12-10-17)22(26)24-13-3-6-16-5-1-2-8-20(16)24/h1-2,5,8,17-19H,3-4,6-7,9-15H2,(H,23,25). The molecule has 0 radical (unpaired) electrons. The third kappa shape index (κ3) is 4.18. The maximum atomic E-state index is 13.1. The summed E-state index contributed by atoms with van der Waals surface area (Å²) in [6.45, 7) is 2.26. The molecule has 4 rings (SSSR count). The van der Waals surface area contributed by atoms with Crippen molar-refractivity contribution in [3.05, 3.63) is 29.8 Å². The average molecular weight is 370 g/mol. The minimum absolute atomic E-state index is 0.0455. The smallest absolute Gasteiger partial charge is 0.230 e. The van der Waals surface area contributed by atoms with Crippen molar-refractivity contribution in [1.29, 1.82) is 0 Å². The van der Waals surface area contributed by atoms with Crippen LogP contribution in [0.3, 0.4) is 0 Å². The van der Waals surface area contributed by atoms with Gasteiger partial charge in [0, 0.05) is 37.2 Å². The molecule has 3 aliphatic rings. The van der Waals surface area contributed by atoms with E-state index in [4.69, 9.17) is 4.74 Å². The summed E-state index contributed by atoms with van der Waals surface area (Å²) in [6.07, 6.45) is 7.65. The number of nitrogens with one attached hydrogen (secondary N) is 1. The van der Waals surface area contributed by atoms with Crippen molar-refractivity contribution >= 4 is 17.5 Å². The van der Waals surface area contributed by atoms with Crippen LogP contribution in [-0.4, -0.2) is 37.6 Å². The van der Waals surface area contributed by atoms with Gasteiger partial charge in [-0.25, -0.2) is 0 Å². The van der Waals surface area contributed by atoms with E-state index in [-0.39, 0.29) is 29.8 Å². The lowest BCUT2D eigenvalue weighted by molar-refractivity contribution is -0.129. The number of anilines is 1. The summed E-state index contributed by atoms with van der Waals surface area (Å²) in [7, 11) is 0. The Hall–Kier alpha value is -1.88. The second-order valence-corrected chi connectivity index (χ2v) is 8.15. The predicted octanol–water partition coefficient (Wildman–Crippen LogP) is 3.07. The van der Waals surface area contributed by atoms with Gasteiger partial charge in [0.1, 0.15) is 0 Å². The van der Waals surface area contributed by atoms with Crippen LogP contribution < -0.4 is 10.2 Å². The number of amides is 2. The Morgan fingerprint density at radius 2 is 1.81 bits per heavy atom. The zero-order chi connectivity index (χ0) is 18.6. The molecule has 0 aromatic heterocycles. The van der Waals surface area contributed by atoms with E-state index in [9.17, 15) is 9.59 Å². The number of para-hydroxylation sites is 1. The van der Waals surface area contributed by atoms with E-state index >= 15 is 0 Å². The number of hydrogen-bond acceptors (Lipinski definition) is 3. The number of nitrogens with zero attached hydrogens (tertiary/aromatic N) is 1. The minimum Gasteiger partial charge on any atom is -0.376 e. The average Bonchev–Trinajstić information content (AvgIpc) is 3.25. The van der Waals surface area contributed by atoms with Gasteiger partial charge in [-0.1, -0.05) is 18.2 Å². The van der Waals surface area contributed by atoms with Crippen molar-refractivity contribution in [3.8, 4) is 0 Å². The summed E-state index contributed by atoms with van der Waals surface area (Å²) >= 11 is 0. The summed E-state index contributed by atoms with van der Waals surface area (Å²) in [5.41, 5.74) is 2.37. The van der Waals surface area contributed by atoms with Crippen LogP contribution in [-0.2, 0) is 20.7 Å². The van der Waals surface area contributed by atoms with Gasteiger partial charge < -0.3 is 15.0 Å². The molecule has 5 nitrogen and oxygen atoms in total. The Morgan fingerprint density at radius 1 is 1.04 bits per heavy atom. The molecule has 0 spiro atoms. The zero-order valence-electron chi connectivity index (χ0n) is 16.0. The Morgan fingerprint density at radius 3 is 2.59 bits per heavy atom. The van der Waals surface area contributed by atoms with Crippen molar-refractivity contribution in [1.82, 2.24) is 5.32 Å². The number of rotatable bonds is 4. The summed E-state index contributed by atoms with van der Waals surface area (Å²) in [6, 6.07) is 8.26. The van der Waals surface area contributed by atoms with Crippen molar-refractivity contribution < 1.29 is 14.3 Å². The SMILES string of the molecule is O=C(NCC1CCCO1)C1CCC(C(=O)N2CCCc3ccccc32)CC1. The molecule has 1 saturated carbocycles. The maximum absolute atomic E-state index is 13.1. The number of fused-ring (bicyclic) bond motifs is 1. The van der Waals surface area contributed by atoms with E-state index in [0.717, 1.165) is 70.2 Å². The van der Waals surface area contributed by atoms with Crippen molar-refractivity contribution in [2.24, 2.45) is 11.8 Å². The topological polar surface area (TPSA) is 58.6 Å². The fraction of sp³-hybridized carbons (Fsp3) is 0.636. The second-order valence-electron chi connectivity index (χ2n) is 8.15. The number of carbonyl (C=O) groups excluding carboxylic acids is 2. The zero-order valence-corrected chi connectivity index (χ0v) is 16.0. The fourth-order valence-corrected chi connectivity index (χ4v) is 4.75. The highest BCUT2D eigenvalue weighted by Gasteiger charge is 2.34. The van der Waals surface area contributed by atoms with E-state index in [1.165, 1.54) is 5.56 Å². The Labute approximate surface area is 161 Å². The van der Waals surface area contributed by atoms with Crippen LogP contribution in [0.5, 0.6) is 0 Å². The first-order valence-corrected chi connectivity index (χ1v) is 10.5. The Bertz CT molecular complexity index is 676. The van der Waals surface area contributed by atoms with Crippen LogP contribution in [0.1, 0.15) is 50.5 Å². The number of hydrogen-bond donors (Lipinski definition) is 1. The molecular formula is C22H30N2O3. The third-order valence-corrected chi connectivity index (χ3v) is 6.35. The molecule has 146 valence electrons. The molecule has 1 N–H and O–H groups in total. The van der Waals surface area contributed by atoms with Gasteiger partial charge in [0.25, 0.3) is 0 Å². The molecular weight excluding hydrogens is 340 g/mol. The van der Waals surface area contributed by atoms with E-state index in [1.807, 2.05) is 17.0 Å². The molecule has 27 heavy (non-hydrogen) atoms. The molecule has 2 aliphatic heterocycles. The first-order chi connectivity index (χ1) is 13.2. The van der Waals surface area contributed by atoms with Gasteiger partial charge >= 0.3 is 0 Å². The maximum Gasteiger partial charge on any atom is 0.230 e. The highest BCUT2D eigenvalue weighted by atomic mass is 16.5. The van der Waals surface area contributed by atoms with Crippen LogP contribution in [0.25, 0.3) is 0 Å². The van der Waals surface area contributed by atoms with Gasteiger partial charge in [0.05, 0.1) is 6.10 Å². The van der Waals surface area contributed by atoms with Gasteiger partial charge in [-0.05, 0) is 63.0 Å². The van der Waals surface area contributed by atoms with E-state index in [2.05, 4.69) is 17.4 Å². The first kappa shape index (κ1) is 18.5. The molecule has 1 atom stereocenters. The number of ether oxygens (including phenoxy) is 1. The summed E-state index contributed by atoms with van der Waals surface area (Å²) in [5, 5.41) is 3.06. The van der Waals surface area contributed by atoms with Gasteiger partial charge in [0.2, 0.25) is 11.8 Å². The molecule has 1 unspecified atom stereocenters. The second kappa shape index (κ2) is 8.42. The molecule has 2 fully saturated rings. The molecule has 2 amide bonds. The van der Waals surface area contributed by atoms with Crippen molar-refractivity contribution in [3.63, 3.8) is 0 Å². The molecule has 1 aromatic rings. The first-order valence-electron chi connectivity index (χ1n) is 10.5. The third-order valence-electron chi connectivity index (χ3n) is 6.35. The van der Waals surface area contributed by atoms with Crippen LogP contribution >= 0.6 is 0 Å². The summed E-state index contributed by atoms with van der Waals surface area (Å²) in [5.74, 6) is 0.488. The van der Waals surface area contributed by atoms with Crippen LogP contribution in [0.2, 0.25) is 0 Å². The molecule has 5 heteroatoms. The molecule has 1 aromatic carbocycles. The van der Waals surface area contributed by atoms with E-state index in [1.54, 1.807) is 0 Å². The summed E-state index contributed by atoms with van der Waals surface area (Å²) < 4.78 is 5.57. The van der Waals surface area contributed by atoms with Crippen molar-refractivity contribution in [2.75, 3.05) is 24.6 Å². The normalized spacial score (nSPS) is 27.9. The quantitative estimate of drug-likeness (QED) is 0.886. The molecule has 2 heterocycles. The minimum atomic E-state index is 0.0455. The fourth-order valence-electron chi connectivity index (χ4n) is 4.75. The predicted molar refractivity (Wildman–Crippen MR) is 105 cm³/mol. The van der Waals surface area contributed by atoms with Gasteiger partial charge in [-0.15, -0.1) is 0 Å². The number of benzene rings is 1. The summed E-state index contributed by atoms with van der Waals surface area (Å²) in [4.78, 5) is 27.5. The highest BCUT2D eigenvalue weighted by Crippen LogP contribution is 2.34. The van der Waals surface area contributed by atoms with Gasteiger partial charge in [-0.2, -0.15) is 0 Å². The Balaban J connectivity index is 1.29. The van der Waals surface area contributed by atoms with Gasteiger partial charge in [0.15, 0.2) is 0 Å². The monoisotopic (exact) mass is 370 g/mol. The molecule has 0 bridgehead atoms. The van der Waals surface area contributed by atoms with Crippen LogP contribution in [0.4, 0.5) is 5.69 Å². The largest absolute Gasteiger partial charge is 0.376 e. The van der Waals surface area contributed by atoms with E-state index in [0.29, 0.717) is 6.54 Å². The number of carbonyl (C=O) groups is 2. The molecule has 1 aliphatic carbocycles. The lowest BCUT2D eigenvalue weighted by Gasteiger charge is -2.35. The molecule has 1 saturated heterocycles. The van der Waals surface area contributed by atoms with E-state index < -0.39 is 0 Å². The van der Waals surface area contributed by atoms with Crippen LogP contribution in [0, 0.1) is 11.8 Å². The van der Waals surface area contributed by atoms with Gasteiger partial charge in [-0.3, -0.25) is 9.59 Å². The lowest BCUT2D eigenvalue weighted by Crippen LogP contribution is -2.42. The van der Waals surface area contributed by atoms with Crippen LogP contribution in [0.15, 0.2) is 24.3 Å². The number of aryl methyl sites for hydroxylation is 1.